The zero-order valence-electron chi connectivity index (χ0n) is 36.8. The fourth-order valence-electron chi connectivity index (χ4n) is 9.42. The molecule has 342 valence electrons. The van der Waals surface area contributed by atoms with Crippen LogP contribution in [0, 0.1) is 27.9 Å². The number of rotatable bonds is 20. The van der Waals surface area contributed by atoms with Gasteiger partial charge in [-0.25, -0.2) is 4.79 Å². The fourth-order valence-corrected chi connectivity index (χ4v) is 9.42. The van der Waals surface area contributed by atoms with E-state index in [0.717, 1.165) is 36.8 Å². The van der Waals surface area contributed by atoms with E-state index < -0.39 is 34.4 Å². The van der Waals surface area contributed by atoms with Gasteiger partial charge in [-0.1, -0.05) is 48.9 Å². The standard InChI is InChI=1S/C49H59N3O12/c1-6-24-58-36-19-21-41-39(28-36)45-37(13-9-11-23-54)33(12-8-10-22-53)27-38-40(50-64-48(3,4)5)29-44(49(63-41,46(38)45)61-25-7-2)51(30-32-14-20-42-43(26-32)60-31-59-42)47(55)62-35-17-15-34(16-18-35)52(56)57/h6-7,14-21,26-28,33,37,44-46,53-54H,1-2,8-13,22-25,29-31H2,3-5H3/t33-,37+,44-,45+,46+,49+/m0/s1. The second-order valence-corrected chi connectivity index (χ2v) is 17.5. The van der Waals surface area contributed by atoms with Crippen molar-refractivity contribution >= 4 is 17.5 Å². The van der Waals surface area contributed by atoms with Crippen molar-refractivity contribution in [1.29, 1.82) is 0 Å². The molecule has 0 bridgehead atoms. The van der Waals surface area contributed by atoms with Gasteiger partial charge in [-0.3, -0.25) is 15.0 Å². The van der Waals surface area contributed by atoms with Crippen molar-refractivity contribution < 1.29 is 53.2 Å². The summed E-state index contributed by atoms with van der Waals surface area (Å²) in [6.45, 7) is 14.1. The summed E-state index contributed by atoms with van der Waals surface area (Å²) in [5.74, 6) is -0.0645. The van der Waals surface area contributed by atoms with Crippen LogP contribution in [0.2, 0.25) is 0 Å². The number of hydrogen-bond donors (Lipinski definition) is 2. The summed E-state index contributed by atoms with van der Waals surface area (Å²) in [6.07, 6.45) is 9.30. The number of hydrogen-bond acceptors (Lipinski definition) is 13. The molecule has 64 heavy (non-hydrogen) atoms. The maximum atomic E-state index is 15.1. The number of nitro benzene ring substituents is 1. The van der Waals surface area contributed by atoms with Crippen LogP contribution in [-0.2, 0) is 16.1 Å². The molecule has 4 aliphatic rings. The first kappa shape index (κ1) is 46.1. The monoisotopic (exact) mass is 881 g/mol. The van der Waals surface area contributed by atoms with Crippen LogP contribution in [0.4, 0.5) is 10.5 Å². The molecule has 2 heterocycles. The van der Waals surface area contributed by atoms with Crippen molar-refractivity contribution in [2.45, 2.75) is 95.6 Å². The van der Waals surface area contributed by atoms with E-state index >= 15 is 4.79 Å². The Morgan fingerprint density at radius 3 is 2.34 bits per heavy atom. The third-order valence-corrected chi connectivity index (χ3v) is 12.1. The normalized spacial score (nSPS) is 23.5. The predicted octanol–water partition coefficient (Wildman–Crippen LogP) is 9.02. The van der Waals surface area contributed by atoms with E-state index in [1.54, 1.807) is 23.1 Å². The number of carbonyl (C=O) groups excluding carboxylic acids is 1. The van der Waals surface area contributed by atoms with Crippen molar-refractivity contribution in [3.05, 3.63) is 119 Å². The van der Waals surface area contributed by atoms with Crippen LogP contribution in [0.5, 0.6) is 28.7 Å². The van der Waals surface area contributed by atoms with Gasteiger partial charge in [-0.05, 0) is 112 Å². The molecule has 2 aliphatic heterocycles. The van der Waals surface area contributed by atoms with Crippen LogP contribution < -0.4 is 23.7 Å². The Morgan fingerprint density at radius 2 is 1.64 bits per heavy atom. The molecule has 0 radical (unpaired) electrons. The molecule has 15 nitrogen and oxygen atoms in total. The first-order valence-electron chi connectivity index (χ1n) is 22.0. The molecule has 2 aliphatic carbocycles. The fraction of sp³-hybridized carbons (Fsp3) is 0.469. The summed E-state index contributed by atoms with van der Waals surface area (Å²) in [4.78, 5) is 33.9. The number of nitro groups is 1. The number of unbranched alkanes of at least 4 members (excludes halogenated alkanes) is 2. The number of aliphatic hydroxyl groups excluding tert-OH is 2. The highest BCUT2D eigenvalue weighted by Gasteiger charge is 2.66. The lowest BCUT2D eigenvalue weighted by Gasteiger charge is -2.60. The van der Waals surface area contributed by atoms with Gasteiger partial charge in [0.1, 0.15) is 35.5 Å². The lowest BCUT2D eigenvalue weighted by molar-refractivity contribution is -0.384. The number of non-ortho nitro benzene ring substituents is 1. The lowest BCUT2D eigenvalue weighted by Crippen LogP contribution is -2.70. The molecule has 3 aromatic rings. The van der Waals surface area contributed by atoms with Crippen LogP contribution in [0.3, 0.4) is 0 Å². The smallest absolute Gasteiger partial charge is 0.416 e. The van der Waals surface area contributed by atoms with E-state index in [9.17, 15) is 20.3 Å². The van der Waals surface area contributed by atoms with Crippen LogP contribution in [-0.4, -0.2) is 82.5 Å². The van der Waals surface area contributed by atoms with E-state index in [0.29, 0.717) is 53.7 Å². The molecule has 0 aromatic heterocycles. The van der Waals surface area contributed by atoms with Gasteiger partial charge in [0.2, 0.25) is 12.6 Å². The topological polar surface area (TPSA) is 181 Å². The first-order chi connectivity index (χ1) is 30.9. The Balaban J connectivity index is 1.46. The maximum Gasteiger partial charge on any atom is 0.416 e. The predicted molar refractivity (Wildman–Crippen MR) is 239 cm³/mol. The van der Waals surface area contributed by atoms with Crippen molar-refractivity contribution in [3.8, 4) is 28.7 Å². The third kappa shape index (κ3) is 10.1. The molecule has 6 atom stereocenters. The van der Waals surface area contributed by atoms with Crippen molar-refractivity contribution in [1.82, 2.24) is 4.90 Å². The quantitative estimate of drug-likeness (QED) is 0.0477. The molecule has 3 aromatic carbocycles. The number of amides is 1. The second kappa shape index (κ2) is 20.3. The number of allylic oxidation sites excluding steroid dienone is 1. The van der Waals surface area contributed by atoms with Gasteiger partial charge in [0.25, 0.3) is 5.69 Å². The van der Waals surface area contributed by atoms with Crippen molar-refractivity contribution in [2.75, 3.05) is 33.2 Å². The van der Waals surface area contributed by atoms with Crippen molar-refractivity contribution in [3.63, 3.8) is 0 Å². The first-order valence-corrected chi connectivity index (χ1v) is 22.0. The SMILES string of the molecule is C=CCOc1ccc2c(c1)[C@H]1[C@H](CCCCO)[C@@H](CCCCO)C=C3C(=NOC(C)(C)C)C[C@H](N(Cc4ccc5c(c4)OCO5)C(=O)Oc4ccc([N+](=O)[O-])cc4)[C@@](OCC=C)(O2)[C@H]31. The van der Waals surface area contributed by atoms with E-state index in [1.807, 2.05) is 51.1 Å². The Morgan fingerprint density at radius 1 is 0.938 bits per heavy atom. The molecule has 0 unspecified atom stereocenters. The molecule has 7 rings (SSSR count). The Labute approximate surface area is 374 Å². The summed E-state index contributed by atoms with van der Waals surface area (Å²) < 4.78 is 38.0. The number of fused-ring (bicyclic) bond motifs is 3. The number of nitrogens with zero attached hydrogens (tertiary/aromatic N) is 3. The molecule has 2 N–H and O–H groups in total. The van der Waals surface area contributed by atoms with Gasteiger partial charge < -0.3 is 43.5 Å². The summed E-state index contributed by atoms with van der Waals surface area (Å²) in [5.41, 5.74) is 2.26. The minimum absolute atomic E-state index is 0.00950. The molecule has 1 saturated carbocycles. The Kier molecular flexibility index (Phi) is 14.6. The van der Waals surface area contributed by atoms with Gasteiger partial charge in [-0.2, -0.15) is 0 Å². The van der Waals surface area contributed by atoms with Crippen molar-refractivity contribution in [2.24, 2.45) is 22.9 Å². The van der Waals surface area contributed by atoms with Crippen LogP contribution in [0.25, 0.3) is 0 Å². The number of oxime groups is 1. The minimum atomic E-state index is -1.59. The largest absolute Gasteiger partial charge is 0.490 e. The van der Waals surface area contributed by atoms with Gasteiger partial charge in [0.15, 0.2) is 11.5 Å². The second-order valence-electron chi connectivity index (χ2n) is 17.5. The zero-order chi connectivity index (χ0) is 45.4. The molecular weight excluding hydrogens is 823 g/mol. The van der Waals surface area contributed by atoms with E-state index in [1.165, 1.54) is 24.3 Å². The summed E-state index contributed by atoms with van der Waals surface area (Å²) in [6, 6.07) is 15.6. The number of benzene rings is 3. The van der Waals surface area contributed by atoms with E-state index in [2.05, 4.69) is 19.2 Å². The van der Waals surface area contributed by atoms with E-state index in [-0.39, 0.29) is 68.8 Å². The average molecular weight is 882 g/mol. The highest BCUT2D eigenvalue weighted by molar-refractivity contribution is 6.03. The minimum Gasteiger partial charge on any atom is -0.490 e. The molecule has 0 saturated heterocycles. The number of aliphatic hydroxyl groups is 2. The molecular formula is C49H59N3O12. The average Bonchev–Trinajstić information content (AvgIpc) is 3.75. The molecule has 15 heteroatoms. The number of ether oxygens (including phenoxy) is 6. The summed E-state index contributed by atoms with van der Waals surface area (Å²) >= 11 is 0. The van der Waals surface area contributed by atoms with Crippen LogP contribution >= 0.6 is 0 Å². The third-order valence-electron chi connectivity index (χ3n) is 12.1. The van der Waals surface area contributed by atoms with Gasteiger partial charge >= 0.3 is 6.09 Å². The van der Waals surface area contributed by atoms with E-state index in [4.69, 9.17) is 38.4 Å². The van der Waals surface area contributed by atoms with Gasteiger partial charge in [0, 0.05) is 49.8 Å². The van der Waals surface area contributed by atoms with Crippen LogP contribution in [0.15, 0.2) is 103 Å². The zero-order valence-corrected chi connectivity index (χ0v) is 36.8. The summed E-state index contributed by atoms with van der Waals surface area (Å²) in [5, 5.41) is 36.3. The molecule has 1 fully saturated rings. The van der Waals surface area contributed by atoms with Gasteiger partial charge in [-0.15, -0.1) is 6.58 Å². The Hall–Kier alpha value is -5.90. The Bertz CT molecular complexity index is 2220. The van der Waals surface area contributed by atoms with Crippen LogP contribution in [0.1, 0.15) is 82.8 Å². The maximum absolute atomic E-state index is 15.1. The molecule has 0 spiro atoms. The molecule has 1 amide bonds. The number of carbonyl (C=O) groups is 1. The lowest BCUT2D eigenvalue weighted by atomic mass is 9.55. The highest BCUT2D eigenvalue weighted by atomic mass is 16.7. The summed E-state index contributed by atoms with van der Waals surface area (Å²) in [7, 11) is 0. The highest BCUT2D eigenvalue weighted by Crippen LogP contribution is 2.62. The van der Waals surface area contributed by atoms with Gasteiger partial charge in [0.05, 0.1) is 23.2 Å².